The zero-order valence-electron chi connectivity index (χ0n) is 9.46. The summed E-state index contributed by atoms with van der Waals surface area (Å²) in [5, 5.41) is 10.9. The van der Waals surface area contributed by atoms with Gasteiger partial charge in [0.05, 0.1) is 10.5 Å². The van der Waals surface area contributed by atoms with Crippen molar-refractivity contribution in [3.05, 3.63) is 62.8 Å². The molecule has 0 saturated carbocycles. The lowest BCUT2D eigenvalue weighted by atomic mass is 10.0. The number of aryl methyl sites for hydroxylation is 1. The van der Waals surface area contributed by atoms with Gasteiger partial charge in [0.15, 0.2) is 0 Å². The summed E-state index contributed by atoms with van der Waals surface area (Å²) in [5.41, 5.74) is -0.127. The summed E-state index contributed by atoms with van der Waals surface area (Å²) < 4.78 is 14.5. The van der Waals surface area contributed by atoms with E-state index in [0.29, 0.717) is 5.56 Å². The van der Waals surface area contributed by atoms with Crippen LogP contribution in [0.25, 0.3) is 11.1 Å². The summed E-state index contributed by atoms with van der Waals surface area (Å²) in [6, 6.07) is 5.92. The molecule has 0 amide bonds. The number of pyridine rings is 1. The van der Waals surface area contributed by atoms with E-state index in [4.69, 9.17) is 0 Å². The molecule has 0 bridgehead atoms. The minimum absolute atomic E-state index is 0.0951. The Labute approximate surface area is 101 Å². The smallest absolute Gasteiger partial charge is 0.277 e. The molecule has 92 valence electrons. The standard InChI is InChI=1S/C12H9FN2O3/c1-14-5-4-8(6-12(14)16)10-7-9(13)2-3-11(10)15(17)18/h2-7H,1H3. The van der Waals surface area contributed by atoms with E-state index in [1.165, 1.54) is 22.9 Å². The first-order chi connectivity index (χ1) is 8.49. The van der Waals surface area contributed by atoms with E-state index in [9.17, 15) is 19.3 Å². The largest absolute Gasteiger partial charge is 0.319 e. The zero-order valence-corrected chi connectivity index (χ0v) is 9.46. The molecule has 0 aliphatic rings. The van der Waals surface area contributed by atoms with Gasteiger partial charge >= 0.3 is 0 Å². The molecule has 18 heavy (non-hydrogen) atoms. The number of halogens is 1. The van der Waals surface area contributed by atoms with E-state index in [-0.39, 0.29) is 16.8 Å². The average Bonchev–Trinajstić information content (AvgIpc) is 2.32. The molecule has 6 heteroatoms. The molecule has 0 saturated heterocycles. The lowest BCUT2D eigenvalue weighted by Gasteiger charge is -2.04. The third-order valence-corrected chi connectivity index (χ3v) is 2.57. The van der Waals surface area contributed by atoms with Gasteiger partial charge in [-0.25, -0.2) is 4.39 Å². The van der Waals surface area contributed by atoms with Crippen molar-refractivity contribution >= 4 is 5.69 Å². The van der Waals surface area contributed by atoms with Gasteiger partial charge in [-0.2, -0.15) is 0 Å². The minimum atomic E-state index is -0.605. The fourth-order valence-electron chi connectivity index (χ4n) is 1.61. The van der Waals surface area contributed by atoms with Crippen LogP contribution in [0.2, 0.25) is 0 Å². The molecule has 0 atom stereocenters. The van der Waals surface area contributed by atoms with Crippen LogP contribution in [0.5, 0.6) is 0 Å². The van der Waals surface area contributed by atoms with E-state index in [1.807, 2.05) is 0 Å². The van der Waals surface area contributed by atoms with Crippen molar-refractivity contribution < 1.29 is 9.31 Å². The number of rotatable bonds is 2. The molecular weight excluding hydrogens is 239 g/mol. The van der Waals surface area contributed by atoms with Crippen LogP contribution in [0.1, 0.15) is 0 Å². The van der Waals surface area contributed by atoms with Crippen LogP contribution in [-0.2, 0) is 7.05 Å². The molecule has 1 aromatic heterocycles. The fraction of sp³-hybridized carbons (Fsp3) is 0.0833. The highest BCUT2D eigenvalue weighted by Crippen LogP contribution is 2.29. The van der Waals surface area contributed by atoms with Crippen molar-refractivity contribution in [2.45, 2.75) is 0 Å². The van der Waals surface area contributed by atoms with Crippen molar-refractivity contribution in [2.75, 3.05) is 0 Å². The van der Waals surface area contributed by atoms with E-state index < -0.39 is 10.7 Å². The van der Waals surface area contributed by atoms with Crippen LogP contribution in [-0.4, -0.2) is 9.49 Å². The van der Waals surface area contributed by atoms with Crippen molar-refractivity contribution in [1.29, 1.82) is 0 Å². The molecule has 5 nitrogen and oxygen atoms in total. The minimum Gasteiger partial charge on any atom is -0.319 e. The summed E-state index contributed by atoms with van der Waals surface area (Å²) in [6.07, 6.45) is 1.48. The maximum atomic E-state index is 13.2. The second-order valence-corrected chi connectivity index (χ2v) is 3.78. The second kappa shape index (κ2) is 4.40. The van der Waals surface area contributed by atoms with E-state index >= 15 is 0 Å². The van der Waals surface area contributed by atoms with Gasteiger partial charge in [-0.15, -0.1) is 0 Å². The molecule has 1 aromatic carbocycles. The van der Waals surface area contributed by atoms with Crippen molar-refractivity contribution in [3.8, 4) is 11.1 Å². The van der Waals surface area contributed by atoms with Crippen molar-refractivity contribution in [1.82, 2.24) is 4.57 Å². The normalized spacial score (nSPS) is 10.3. The summed E-state index contributed by atoms with van der Waals surface area (Å²) in [5.74, 6) is -0.587. The number of hydrogen-bond donors (Lipinski definition) is 0. The van der Waals surface area contributed by atoms with Crippen molar-refractivity contribution in [2.24, 2.45) is 7.05 Å². The summed E-state index contributed by atoms with van der Waals surface area (Å²) in [4.78, 5) is 21.7. The predicted octanol–water partition coefficient (Wildman–Crippen LogP) is 2.10. The Bertz CT molecular complexity index is 679. The Morgan fingerprint density at radius 1 is 1.28 bits per heavy atom. The number of nitro benzene ring substituents is 1. The zero-order chi connectivity index (χ0) is 13.3. The lowest BCUT2D eigenvalue weighted by Crippen LogP contribution is -2.14. The van der Waals surface area contributed by atoms with Gasteiger partial charge in [-0.05, 0) is 23.8 Å². The van der Waals surface area contributed by atoms with Crippen LogP contribution in [0.4, 0.5) is 10.1 Å². The number of aromatic nitrogens is 1. The maximum Gasteiger partial charge on any atom is 0.277 e. The second-order valence-electron chi connectivity index (χ2n) is 3.78. The molecule has 0 aliphatic heterocycles. The third kappa shape index (κ3) is 2.13. The number of nitro groups is 1. The number of nitrogens with zero attached hydrogens (tertiary/aromatic N) is 2. The maximum absolute atomic E-state index is 13.2. The van der Waals surface area contributed by atoms with Gasteiger partial charge in [0.1, 0.15) is 5.82 Å². The molecular formula is C12H9FN2O3. The fourth-order valence-corrected chi connectivity index (χ4v) is 1.61. The Hall–Kier alpha value is -2.50. The van der Waals surface area contributed by atoms with Gasteiger partial charge in [0.2, 0.25) is 0 Å². The molecule has 0 unspecified atom stereocenters. The van der Waals surface area contributed by atoms with Crippen LogP contribution in [0, 0.1) is 15.9 Å². The Morgan fingerprint density at radius 3 is 2.61 bits per heavy atom. The van der Waals surface area contributed by atoms with Crippen LogP contribution >= 0.6 is 0 Å². The average molecular weight is 248 g/mol. The van der Waals surface area contributed by atoms with Gasteiger partial charge < -0.3 is 4.57 Å². The molecule has 0 aliphatic carbocycles. The van der Waals surface area contributed by atoms with E-state index in [2.05, 4.69) is 0 Å². The van der Waals surface area contributed by atoms with Gasteiger partial charge in [-0.3, -0.25) is 14.9 Å². The van der Waals surface area contributed by atoms with Gasteiger partial charge in [-0.1, -0.05) is 0 Å². The Morgan fingerprint density at radius 2 is 2.00 bits per heavy atom. The van der Waals surface area contributed by atoms with Crippen molar-refractivity contribution in [3.63, 3.8) is 0 Å². The molecule has 0 radical (unpaired) electrons. The highest BCUT2D eigenvalue weighted by molar-refractivity contribution is 5.73. The van der Waals surface area contributed by atoms with Gasteiger partial charge in [0.25, 0.3) is 11.2 Å². The molecule has 2 aromatic rings. The van der Waals surface area contributed by atoms with E-state index in [1.54, 1.807) is 7.05 Å². The first-order valence-corrected chi connectivity index (χ1v) is 5.10. The van der Waals surface area contributed by atoms with Gasteiger partial charge in [0, 0.05) is 25.4 Å². The quantitative estimate of drug-likeness (QED) is 0.603. The summed E-state index contributed by atoms with van der Waals surface area (Å²) >= 11 is 0. The number of hydrogen-bond acceptors (Lipinski definition) is 3. The highest BCUT2D eigenvalue weighted by Gasteiger charge is 2.16. The van der Waals surface area contributed by atoms with E-state index in [0.717, 1.165) is 18.2 Å². The first kappa shape index (κ1) is 12.0. The Kier molecular flexibility index (Phi) is 2.93. The predicted molar refractivity (Wildman–Crippen MR) is 63.7 cm³/mol. The topological polar surface area (TPSA) is 65.1 Å². The molecule has 0 N–H and O–H groups in total. The molecule has 0 spiro atoms. The number of benzene rings is 1. The highest BCUT2D eigenvalue weighted by atomic mass is 19.1. The summed E-state index contributed by atoms with van der Waals surface area (Å²) in [6.45, 7) is 0. The Balaban J connectivity index is 2.69. The third-order valence-electron chi connectivity index (χ3n) is 2.57. The van der Waals surface area contributed by atoms with Crippen LogP contribution in [0.3, 0.4) is 0 Å². The lowest BCUT2D eigenvalue weighted by molar-refractivity contribution is -0.384. The summed E-state index contributed by atoms with van der Waals surface area (Å²) in [7, 11) is 1.56. The first-order valence-electron chi connectivity index (χ1n) is 5.10. The molecule has 0 fully saturated rings. The SMILES string of the molecule is Cn1ccc(-c2cc(F)ccc2[N+](=O)[O-])cc1=O. The van der Waals surface area contributed by atoms with Crippen LogP contribution in [0.15, 0.2) is 41.3 Å². The molecule has 2 rings (SSSR count). The monoisotopic (exact) mass is 248 g/mol. The molecule has 1 heterocycles. The van der Waals surface area contributed by atoms with Crippen LogP contribution < -0.4 is 5.56 Å².